The van der Waals surface area contributed by atoms with Crippen molar-refractivity contribution in [2.24, 2.45) is 0 Å². The predicted molar refractivity (Wildman–Crippen MR) is 119 cm³/mol. The van der Waals surface area contributed by atoms with Crippen molar-refractivity contribution in [2.75, 3.05) is 11.8 Å². The Morgan fingerprint density at radius 1 is 0.793 bits per heavy atom. The van der Waals surface area contributed by atoms with E-state index >= 15 is 0 Å². The van der Waals surface area contributed by atoms with Crippen LogP contribution < -0.4 is 9.47 Å². The van der Waals surface area contributed by atoms with Crippen molar-refractivity contribution in [2.45, 2.75) is 20.5 Å². The normalized spacial score (nSPS) is 12.9. The minimum Gasteiger partial charge on any atom is -0.424 e. The minimum absolute atomic E-state index is 0.0740. The van der Waals surface area contributed by atoms with Gasteiger partial charge in [0.25, 0.3) is 0 Å². The van der Waals surface area contributed by atoms with Crippen molar-refractivity contribution in [1.82, 2.24) is 0 Å². The van der Waals surface area contributed by atoms with Crippen molar-refractivity contribution in [1.29, 1.82) is 0 Å². The van der Waals surface area contributed by atoms with E-state index in [0.29, 0.717) is 0 Å². The maximum atomic E-state index is 11.7. The molecular formula is C18H12Cl6O4S. The third-order valence-corrected chi connectivity index (χ3v) is 6.41. The zero-order valence-corrected chi connectivity index (χ0v) is 19.7. The molecule has 0 aliphatic rings. The Balaban J connectivity index is 2.08. The third kappa shape index (κ3) is 7.28. The van der Waals surface area contributed by atoms with Crippen LogP contribution in [0.15, 0.2) is 46.2 Å². The van der Waals surface area contributed by atoms with E-state index in [1.165, 1.54) is 11.8 Å². The Labute approximate surface area is 201 Å². The van der Waals surface area contributed by atoms with Gasteiger partial charge >= 0.3 is 11.9 Å². The monoisotopic (exact) mass is 534 g/mol. The van der Waals surface area contributed by atoms with Gasteiger partial charge in [0.05, 0.1) is 10.0 Å². The van der Waals surface area contributed by atoms with Gasteiger partial charge in [-0.3, -0.25) is 0 Å². The standard InChI is InChI=1S/C18H12Cl6O4S/c19-7-13(23)17(25)27-15-3-1-9(5-11(15)21)29-10-2-4-16(12(22)6-10)28-18(26)14(24)8-20/h1-6,13-14H,7-8H2. The van der Waals surface area contributed by atoms with Crippen molar-refractivity contribution in [3.63, 3.8) is 0 Å². The molecule has 0 amide bonds. The van der Waals surface area contributed by atoms with Crippen molar-refractivity contribution >= 4 is 93.3 Å². The largest absolute Gasteiger partial charge is 0.424 e. The first-order valence-electron chi connectivity index (χ1n) is 7.85. The molecule has 11 heteroatoms. The van der Waals surface area contributed by atoms with Crippen LogP contribution in [-0.2, 0) is 9.59 Å². The van der Waals surface area contributed by atoms with E-state index in [0.717, 1.165) is 9.79 Å². The number of alkyl halides is 4. The van der Waals surface area contributed by atoms with E-state index in [9.17, 15) is 9.59 Å². The molecule has 0 bridgehead atoms. The number of carbonyl (C=O) groups excluding carboxylic acids is 2. The second kappa shape index (κ2) is 11.8. The molecule has 2 aromatic rings. The molecule has 2 rings (SSSR count). The number of halogens is 6. The fraction of sp³-hybridized carbons (Fsp3) is 0.222. The van der Waals surface area contributed by atoms with E-state index in [2.05, 4.69) is 0 Å². The average molecular weight is 537 g/mol. The minimum atomic E-state index is -0.963. The summed E-state index contributed by atoms with van der Waals surface area (Å²) in [6.07, 6.45) is 0. The second-order valence-corrected chi connectivity index (χ2v) is 9.00. The molecule has 0 radical (unpaired) electrons. The van der Waals surface area contributed by atoms with Crippen LogP contribution in [0.5, 0.6) is 11.5 Å². The fourth-order valence-electron chi connectivity index (χ4n) is 1.86. The molecule has 156 valence electrons. The number of ether oxygens (including phenoxy) is 2. The molecule has 2 aromatic carbocycles. The van der Waals surface area contributed by atoms with Gasteiger partial charge in [-0.2, -0.15) is 0 Å². The Kier molecular flexibility index (Phi) is 10.0. The summed E-state index contributed by atoms with van der Waals surface area (Å²) in [5.74, 6) is -1.17. The molecule has 4 nitrogen and oxygen atoms in total. The van der Waals surface area contributed by atoms with Gasteiger partial charge < -0.3 is 9.47 Å². The lowest BCUT2D eigenvalue weighted by molar-refractivity contribution is -0.134. The van der Waals surface area contributed by atoms with Crippen LogP contribution in [0.25, 0.3) is 0 Å². The number of carbonyl (C=O) groups is 2. The number of hydrogen-bond acceptors (Lipinski definition) is 5. The molecule has 2 atom stereocenters. The zero-order chi connectivity index (χ0) is 21.6. The van der Waals surface area contributed by atoms with Gasteiger partial charge in [0, 0.05) is 21.6 Å². The molecule has 0 heterocycles. The van der Waals surface area contributed by atoms with Crippen LogP contribution in [0.1, 0.15) is 0 Å². The summed E-state index contributed by atoms with van der Waals surface area (Å²) in [5.41, 5.74) is 0. The van der Waals surface area contributed by atoms with Gasteiger partial charge in [0.2, 0.25) is 0 Å². The third-order valence-electron chi connectivity index (χ3n) is 3.25. The van der Waals surface area contributed by atoms with Gasteiger partial charge in [-0.05, 0) is 36.4 Å². The van der Waals surface area contributed by atoms with Crippen LogP contribution in [0.3, 0.4) is 0 Å². The first-order valence-corrected chi connectivity index (χ1v) is 11.4. The Hall–Kier alpha value is -0.530. The molecule has 0 fully saturated rings. The first-order chi connectivity index (χ1) is 13.7. The van der Waals surface area contributed by atoms with Gasteiger partial charge in [-0.15, -0.1) is 46.4 Å². The Morgan fingerprint density at radius 2 is 1.17 bits per heavy atom. The average Bonchev–Trinajstić information content (AvgIpc) is 2.70. The highest BCUT2D eigenvalue weighted by molar-refractivity contribution is 7.99. The zero-order valence-electron chi connectivity index (χ0n) is 14.3. The summed E-state index contributed by atoms with van der Waals surface area (Å²) >= 11 is 36.2. The van der Waals surface area contributed by atoms with Gasteiger partial charge in [0.1, 0.15) is 22.3 Å². The molecule has 0 saturated carbocycles. The lowest BCUT2D eigenvalue weighted by Gasteiger charge is -2.11. The summed E-state index contributed by atoms with van der Waals surface area (Å²) in [6, 6.07) is 9.77. The highest BCUT2D eigenvalue weighted by Crippen LogP contribution is 2.37. The van der Waals surface area contributed by atoms with E-state index in [1.807, 2.05) is 0 Å². The van der Waals surface area contributed by atoms with Crippen LogP contribution >= 0.6 is 81.4 Å². The number of esters is 2. The molecule has 0 spiro atoms. The summed E-state index contributed by atoms with van der Waals surface area (Å²) in [5, 5.41) is -1.47. The molecule has 0 saturated heterocycles. The van der Waals surface area contributed by atoms with Crippen LogP contribution in [-0.4, -0.2) is 34.5 Å². The lowest BCUT2D eigenvalue weighted by atomic mass is 10.3. The lowest BCUT2D eigenvalue weighted by Crippen LogP contribution is -2.22. The summed E-state index contributed by atoms with van der Waals surface area (Å²) in [7, 11) is 0. The number of benzene rings is 2. The number of hydrogen-bond donors (Lipinski definition) is 0. The highest BCUT2D eigenvalue weighted by Gasteiger charge is 2.19. The topological polar surface area (TPSA) is 52.6 Å². The summed E-state index contributed by atoms with van der Waals surface area (Å²) in [4.78, 5) is 24.9. The first kappa shape index (κ1) is 24.7. The van der Waals surface area contributed by atoms with E-state index in [1.54, 1.807) is 36.4 Å². The maximum absolute atomic E-state index is 11.7. The van der Waals surface area contributed by atoms with Crippen LogP contribution in [0, 0.1) is 0 Å². The maximum Gasteiger partial charge on any atom is 0.330 e. The van der Waals surface area contributed by atoms with Crippen molar-refractivity contribution < 1.29 is 19.1 Å². The van der Waals surface area contributed by atoms with Gasteiger partial charge in [0.15, 0.2) is 0 Å². The van der Waals surface area contributed by atoms with E-state index < -0.39 is 22.7 Å². The predicted octanol–water partition coefficient (Wildman–Crippen LogP) is 6.65. The second-order valence-electron chi connectivity index (χ2n) is 5.37. The molecule has 0 N–H and O–H groups in total. The molecule has 29 heavy (non-hydrogen) atoms. The summed E-state index contributed by atoms with van der Waals surface area (Å²) in [6.45, 7) is 0. The van der Waals surface area contributed by atoms with E-state index in [-0.39, 0.29) is 33.3 Å². The Morgan fingerprint density at radius 3 is 1.48 bits per heavy atom. The molecular weight excluding hydrogens is 525 g/mol. The van der Waals surface area contributed by atoms with E-state index in [4.69, 9.17) is 79.1 Å². The van der Waals surface area contributed by atoms with Crippen molar-refractivity contribution in [3.8, 4) is 11.5 Å². The molecule has 2 unspecified atom stereocenters. The quantitative estimate of drug-likeness (QED) is 0.215. The molecule has 0 aromatic heterocycles. The van der Waals surface area contributed by atoms with Crippen LogP contribution in [0.2, 0.25) is 10.0 Å². The summed E-state index contributed by atoms with van der Waals surface area (Å²) < 4.78 is 10.2. The smallest absolute Gasteiger partial charge is 0.330 e. The molecule has 0 aliphatic heterocycles. The molecule has 0 aliphatic carbocycles. The number of rotatable bonds is 8. The van der Waals surface area contributed by atoms with Gasteiger partial charge in [-0.25, -0.2) is 9.59 Å². The van der Waals surface area contributed by atoms with Crippen molar-refractivity contribution in [3.05, 3.63) is 46.4 Å². The van der Waals surface area contributed by atoms with Gasteiger partial charge in [-0.1, -0.05) is 35.0 Å². The van der Waals surface area contributed by atoms with Crippen LogP contribution in [0.4, 0.5) is 0 Å². The Bertz CT molecular complexity index is 823. The highest BCUT2D eigenvalue weighted by atomic mass is 35.5. The fourth-order valence-corrected chi connectivity index (χ4v) is 3.67. The SMILES string of the molecule is O=C(Oc1ccc(Sc2ccc(OC(=O)C(Cl)CCl)c(Cl)c2)cc1Cl)C(Cl)CCl.